The molecule has 2 N–H and O–H groups in total. The molecule has 0 spiro atoms. The molecular weight excluding hydrogens is 120 g/mol. The van der Waals surface area contributed by atoms with Gasteiger partial charge in [-0.1, -0.05) is 6.92 Å². The quantitative estimate of drug-likeness (QED) is 0.454. The van der Waals surface area contributed by atoms with Gasteiger partial charge in [-0.15, -0.1) is 0 Å². The Morgan fingerprint density at radius 1 is 1.75 bits per heavy atom. The Balaban J connectivity index is 3.12. The Hall–Kier alpha value is -0.180. The number of aliphatic imine (C=N–C) groups is 1. The SMILES string of the molecule is CCSCC(N)=NC. The van der Waals surface area contributed by atoms with E-state index < -0.39 is 0 Å². The molecule has 0 fully saturated rings. The van der Waals surface area contributed by atoms with Gasteiger partial charge < -0.3 is 5.73 Å². The Morgan fingerprint density at radius 3 is 2.75 bits per heavy atom. The molecule has 0 aliphatic heterocycles. The summed E-state index contributed by atoms with van der Waals surface area (Å²) in [6, 6.07) is 0. The molecular formula is C5H12N2S. The highest BCUT2D eigenvalue weighted by molar-refractivity contribution is 7.99. The normalized spacial score (nSPS) is 12.0. The van der Waals surface area contributed by atoms with Gasteiger partial charge in [-0.25, -0.2) is 0 Å². The highest BCUT2D eigenvalue weighted by Crippen LogP contribution is 1.95. The molecule has 48 valence electrons. The standard InChI is InChI=1S/C5H12N2S/c1-3-8-4-5(6)7-2/h3-4H2,1-2H3,(H2,6,7). The third kappa shape index (κ3) is 3.99. The van der Waals surface area contributed by atoms with E-state index in [1.165, 1.54) is 0 Å². The van der Waals surface area contributed by atoms with E-state index in [4.69, 9.17) is 5.73 Å². The van der Waals surface area contributed by atoms with Crippen LogP contribution in [-0.4, -0.2) is 24.4 Å². The van der Waals surface area contributed by atoms with Crippen LogP contribution in [0, 0.1) is 0 Å². The summed E-state index contributed by atoms with van der Waals surface area (Å²) in [5.74, 6) is 2.71. The molecule has 0 rings (SSSR count). The van der Waals surface area contributed by atoms with Crippen molar-refractivity contribution in [3.8, 4) is 0 Å². The molecule has 0 radical (unpaired) electrons. The number of hydrogen-bond acceptors (Lipinski definition) is 2. The minimum absolute atomic E-state index is 0.733. The molecule has 0 saturated carbocycles. The molecule has 0 aromatic carbocycles. The molecule has 0 atom stereocenters. The highest BCUT2D eigenvalue weighted by atomic mass is 32.2. The second kappa shape index (κ2) is 4.97. The lowest BCUT2D eigenvalue weighted by Crippen LogP contribution is -2.14. The van der Waals surface area contributed by atoms with Crippen LogP contribution < -0.4 is 5.73 Å². The Bertz CT molecular complexity index is 80.5. The van der Waals surface area contributed by atoms with Gasteiger partial charge in [0.25, 0.3) is 0 Å². The van der Waals surface area contributed by atoms with Gasteiger partial charge in [0, 0.05) is 7.05 Å². The van der Waals surface area contributed by atoms with E-state index in [1.807, 2.05) is 0 Å². The predicted molar refractivity (Wildman–Crippen MR) is 40.5 cm³/mol. The Kier molecular flexibility index (Phi) is 4.85. The molecule has 0 aliphatic carbocycles. The van der Waals surface area contributed by atoms with Gasteiger partial charge >= 0.3 is 0 Å². The van der Waals surface area contributed by atoms with Crippen LogP contribution in [0.25, 0.3) is 0 Å². The lowest BCUT2D eigenvalue weighted by molar-refractivity contribution is 1.38. The van der Waals surface area contributed by atoms with Crippen molar-refractivity contribution in [2.24, 2.45) is 10.7 Å². The van der Waals surface area contributed by atoms with E-state index in [-0.39, 0.29) is 0 Å². The topological polar surface area (TPSA) is 38.4 Å². The van der Waals surface area contributed by atoms with Crippen LogP contribution >= 0.6 is 11.8 Å². The number of thioether (sulfide) groups is 1. The predicted octanol–water partition coefficient (Wildman–Crippen LogP) is 0.727. The lowest BCUT2D eigenvalue weighted by atomic mass is 10.7. The summed E-state index contributed by atoms with van der Waals surface area (Å²) in [5.41, 5.74) is 5.39. The number of nitrogens with zero attached hydrogens (tertiary/aromatic N) is 1. The fourth-order valence-electron chi connectivity index (χ4n) is 0.271. The molecule has 3 heteroatoms. The molecule has 8 heavy (non-hydrogen) atoms. The number of hydrogen-bond donors (Lipinski definition) is 1. The Labute approximate surface area is 54.6 Å². The lowest BCUT2D eigenvalue weighted by Gasteiger charge is -1.93. The molecule has 0 unspecified atom stereocenters. The monoisotopic (exact) mass is 132 g/mol. The first-order chi connectivity index (χ1) is 3.81. The molecule has 0 aliphatic rings. The van der Waals surface area contributed by atoms with Crippen molar-refractivity contribution >= 4 is 17.6 Å². The van der Waals surface area contributed by atoms with Gasteiger partial charge in [0.05, 0.1) is 5.75 Å². The van der Waals surface area contributed by atoms with E-state index in [0.29, 0.717) is 0 Å². The maximum Gasteiger partial charge on any atom is 0.103 e. The third-order valence-electron chi connectivity index (χ3n) is 0.741. The minimum atomic E-state index is 0.733. The number of amidine groups is 1. The van der Waals surface area contributed by atoms with Crippen LogP contribution in [0.15, 0.2) is 4.99 Å². The maximum atomic E-state index is 5.39. The molecule has 2 nitrogen and oxygen atoms in total. The summed E-state index contributed by atoms with van der Waals surface area (Å²) in [4.78, 5) is 3.80. The van der Waals surface area contributed by atoms with Crippen molar-refractivity contribution in [3.05, 3.63) is 0 Å². The van der Waals surface area contributed by atoms with Crippen LogP contribution in [-0.2, 0) is 0 Å². The van der Waals surface area contributed by atoms with Gasteiger partial charge in [0.15, 0.2) is 0 Å². The largest absolute Gasteiger partial charge is 0.387 e. The first-order valence-electron chi connectivity index (χ1n) is 2.60. The second-order valence-corrected chi connectivity index (χ2v) is 2.63. The molecule has 0 aromatic heterocycles. The van der Waals surface area contributed by atoms with E-state index in [1.54, 1.807) is 18.8 Å². The zero-order valence-corrected chi connectivity index (χ0v) is 6.16. The van der Waals surface area contributed by atoms with Gasteiger partial charge in [0.1, 0.15) is 5.84 Å². The first kappa shape index (κ1) is 7.82. The van der Waals surface area contributed by atoms with Crippen molar-refractivity contribution in [1.82, 2.24) is 0 Å². The smallest absolute Gasteiger partial charge is 0.103 e. The van der Waals surface area contributed by atoms with Crippen LogP contribution in [0.4, 0.5) is 0 Å². The molecule has 0 aromatic rings. The maximum absolute atomic E-state index is 5.39. The van der Waals surface area contributed by atoms with Gasteiger partial charge in [-0.3, -0.25) is 4.99 Å². The highest BCUT2D eigenvalue weighted by Gasteiger charge is 1.86. The van der Waals surface area contributed by atoms with Crippen LogP contribution in [0.5, 0.6) is 0 Å². The molecule has 0 bridgehead atoms. The summed E-state index contributed by atoms with van der Waals surface area (Å²) < 4.78 is 0. The molecule has 0 amide bonds. The van der Waals surface area contributed by atoms with E-state index in [9.17, 15) is 0 Å². The van der Waals surface area contributed by atoms with Gasteiger partial charge in [-0.05, 0) is 5.75 Å². The summed E-state index contributed by atoms with van der Waals surface area (Å²) >= 11 is 1.78. The van der Waals surface area contributed by atoms with Crippen LogP contribution in [0.1, 0.15) is 6.92 Å². The minimum Gasteiger partial charge on any atom is -0.387 e. The van der Waals surface area contributed by atoms with Crippen molar-refractivity contribution in [1.29, 1.82) is 0 Å². The summed E-state index contributed by atoms with van der Waals surface area (Å²) in [6.07, 6.45) is 0. The van der Waals surface area contributed by atoms with E-state index in [0.717, 1.165) is 17.3 Å². The van der Waals surface area contributed by atoms with Crippen molar-refractivity contribution in [3.63, 3.8) is 0 Å². The summed E-state index contributed by atoms with van der Waals surface area (Å²) in [6.45, 7) is 2.10. The summed E-state index contributed by atoms with van der Waals surface area (Å²) in [5, 5.41) is 0. The second-order valence-electron chi connectivity index (χ2n) is 1.35. The Morgan fingerprint density at radius 2 is 2.38 bits per heavy atom. The third-order valence-corrected chi connectivity index (χ3v) is 1.65. The average Bonchev–Trinajstić information content (AvgIpc) is 1.83. The molecule has 0 saturated heterocycles. The van der Waals surface area contributed by atoms with E-state index in [2.05, 4.69) is 11.9 Å². The number of nitrogens with two attached hydrogens (primary N) is 1. The zero-order chi connectivity index (χ0) is 6.41. The fourth-order valence-corrected chi connectivity index (χ4v) is 0.814. The van der Waals surface area contributed by atoms with Crippen LogP contribution in [0.2, 0.25) is 0 Å². The van der Waals surface area contributed by atoms with Gasteiger partial charge in [-0.2, -0.15) is 11.8 Å². The van der Waals surface area contributed by atoms with Crippen molar-refractivity contribution < 1.29 is 0 Å². The van der Waals surface area contributed by atoms with Crippen molar-refractivity contribution in [2.75, 3.05) is 18.6 Å². The zero-order valence-electron chi connectivity index (χ0n) is 5.35. The fraction of sp³-hybridized carbons (Fsp3) is 0.800. The molecule has 0 heterocycles. The van der Waals surface area contributed by atoms with Gasteiger partial charge in [0.2, 0.25) is 0 Å². The summed E-state index contributed by atoms with van der Waals surface area (Å²) in [7, 11) is 1.71. The van der Waals surface area contributed by atoms with Crippen LogP contribution in [0.3, 0.4) is 0 Å². The van der Waals surface area contributed by atoms with E-state index >= 15 is 0 Å². The van der Waals surface area contributed by atoms with Crippen molar-refractivity contribution in [2.45, 2.75) is 6.92 Å². The first-order valence-corrected chi connectivity index (χ1v) is 3.75. The number of rotatable bonds is 3. The average molecular weight is 132 g/mol.